The number of ether oxygens (including phenoxy) is 2. The van der Waals surface area contributed by atoms with Crippen molar-refractivity contribution in [1.82, 2.24) is 4.98 Å². The first-order chi connectivity index (χ1) is 10.7. The number of thiazole rings is 1. The summed E-state index contributed by atoms with van der Waals surface area (Å²) < 4.78 is 10.8. The van der Waals surface area contributed by atoms with Crippen molar-refractivity contribution in [3.05, 3.63) is 28.6 Å². The Hall–Kier alpha value is -2.28. The Morgan fingerprint density at radius 1 is 1.36 bits per heavy atom. The molecule has 1 aromatic heterocycles. The summed E-state index contributed by atoms with van der Waals surface area (Å²) in [7, 11) is 5.06. The molecule has 1 aliphatic rings. The van der Waals surface area contributed by atoms with Gasteiger partial charge in [0.05, 0.1) is 19.1 Å². The predicted molar refractivity (Wildman–Crippen MR) is 86.3 cm³/mol. The predicted octanol–water partition coefficient (Wildman–Crippen LogP) is 2.68. The van der Waals surface area contributed by atoms with Gasteiger partial charge in [0.1, 0.15) is 17.3 Å². The molecular formula is C15H17N3O3S. The van der Waals surface area contributed by atoms with Crippen LogP contribution in [-0.2, 0) is 4.79 Å². The lowest BCUT2D eigenvalue weighted by atomic mass is 9.90. The first-order valence-electron chi connectivity index (χ1n) is 6.86. The van der Waals surface area contributed by atoms with Gasteiger partial charge in [-0.3, -0.25) is 4.79 Å². The Balaban J connectivity index is 2.12. The summed E-state index contributed by atoms with van der Waals surface area (Å²) in [5.74, 6) is 1.97. The third kappa shape index (κ3) is 2.48. The molecule has 0 saturated carbocycles. The quantitative estimate of drug-likeness (QED) is 0.906. The molecule has 2 aromatic rings. The smallest absolute Gasteiger partial charge is 0.226 e. The molecule has 1 atom stereocenters. The van der Waals surface area contributed by atoms with Crippen molar-refractivity contribution in [2.75, 3.05) is 31.9 Å². The molecule has 6 nitrogen and oxygen atoms in total. The van der Waals surface area contributed by atoms with Crippen molar-refractivity contribution in [3.63, 3.8) is 0 Å². The van der Waals surface area contributed by atoms with Gasteiger partial charge < -0.3 is 20.1 Å². The van der Waals surface area contributed by atoms with Crippen LogP contribution in [0.2, 0.25) is 0 Å². The van der Waals surface area contributed by atoms with E-state index in [-0.39, 0.29) is 11.8 Å². The van der Waals surface area contributed by atoms with E-state index in [1.807, 2.05) is 25.2 Å². The van der Waals surface area contributed by atoms with Gasteiger partial charge in [0.25, 0.3) is 0 Å². The van der Waals surface area contributed by atoms with Gasteiger partial charge in [-0.1, -0.05) is 11.3 Å². The Morgan fingerprint density at radius 3 is 2.86 bits per heavy atom. The van der Waals surface area contributed by atoms with Gasteiger partial charge in [-0.2, -0.15) is 0 Å². The van der Waals surface area contributed by atoms with E-state index in [1.54, 1.807) is 14.2 Å². The molecule has 1 aromatic carbocycles. The zero-order valence-electron chi connectivity index (χ0n) is 12.6. The molecular weight excluding hydrogens is 302 g/mol. The molecule has 3 rings (SSSR count). The normalized spacial score (nSPS) is 16.7. The zero-order valence-corrected chi connectivity index (χ0v) is 13.4. The lowest BCUT2D eigenvalue weighted by Gasteiger charge is -2.23. The number of anilines is 2. The monoisotopic (exact) mass is 319 g/mol. The maximum Gasteiger partial charge on any atom is 0.226 e. The molecule has 0 aliphatic carbocycles. The Labute approximate surface area is 132 Å². The second-order valence-corrected chi connectivity index (χ2v) is 5.93. The molecule has 0 radical (unpaired) electrons. The van der Waals surface area contributed by atoms with Crippen LogP contribution < -0.4 is 20.1 Å². The molecule has 0 saturated heterocycles. The zero-order chi connectivity index (χ0) is 15.7. The summed E-state index contributed by atoms with van der Waals surface area (Å²) in [6, 6.07) is 5.63. The van der Waals surface area contributed by atoms with Gasteiger partial charge in [-0.25, -0.2) is 4.98 Å². The fraction of sp³-hybridized carbons (Fsp3) is 0.333. The molecule has 0 fully saturated rings. The van der Waals surface area contributed by atoms with Gasteiger partial charge in [0.15, 0.2) is 5.13 Å². The Bertz CT molecular complexity index is 714. The van der Waals surface area contributed by atoms with Gasteiger partial charge >= 0.3 is 0 Å². The summed E-state index contributed by atoms with van der Waals surface area (Å²) in [6.07, 6.45) is 0.363. The lowest BCUT2D eigenvalue weighted by Crippen LogP contribution is -2.23. The van der Waals surface area contributed by atoms with Crippen molar-refractivity contribution < 1.29 is 14.3 Å². The highest BCUT2D eigenvalue weighted by Crippen LogP contribution is 2.45. The highest BCUT2D eigenvalue weighted by Gasteiger charge is 2.32. The average Bonchev–Trinajstić information content (AvgIpc) is 2.96. The van der Waals surface area contributed by atoms with Crippen molar-refractivity contribution in [1.29, 1.82) is 0 Å². The molecule has 0 spiro atoms. The maximum absolute atomic E-state index is 12.0. The maximum atomic E-state index is 12.0. The standard InChI is InChI=1S/C15H17N3O3S/c1-16-15-18-14-13(22-15)10(7-12(19)17-14)9-6-8(20-2)4-5-11(9)21-3/h4-6,10H,7H2,1-3H3,(H,16,18)(H,17,19)/t10-/m1/s1. The molecule has 0 bridgehead atoms. The van der Waals surface area contributed by atoms with Crippen LogP contribution >= 0.6 is 11.3 Å². The van der Waals surface area contributed by atoms with E-state index in [9.17, 15) is 4.79 Å². The van der Waals surface area contributed by atoms with Gasteiger partial charge in [0, 0.05) is 24.9 Å². The van der Waals surface area contributed by atoms with Crippen LogP contribution in [0.3, 0.4) is 0 Å². The van der Waals surface area contributed by atoms with Gasteiger partial charge in [-0.05, 0) is 18.2 Å². The minimum absolute atomic E-state index is 0.0460. The number of carbonyl (C=O) groups is 1. The first-order valence-corrected chi connectivity index (χ1v) is 7.68. The van der Waals surface area contributed by atoms with Crippen molar-refractivity contribution in [2.24, 2.45) is 0 Å². The van der Waals surface area contributed by atoms with Crippen molar-refractivity contribution in [3.8, 4) is 11.5 Å². The first kappa shape index (κ1) is 14.6. The fourth-order valence-electron chi connectivity index (χ4n) is 2.59. The van der Waals surface area contributed by atoms with Gasteiger partial charge in [0.2, 0.25) is 5.91 Å². The van der Waals surface area contributed by atoms with Crippen LogP contribution in [0.4, 0.5) is 10.9 Å². The number of nitrogens with one attached hydrogen (secondary N) is 2. The number of fused-ring (bicyclic) bond motifs is 1. The minimum atomic E-state index is -0.0894. The van der Waals surface area contributed by atoms with Crippen LogP contribution in [0.1, 0.15) is 22.8 Å². The second kappa shape index (κ2) is 5.84. The number of amides is 1. The largest absolute Gasteiger partial charge is 0.497 e. The summed E-state index contributed by atoms with van der Waals surface area (Å²) in [5, 5.41) is 6.63. The summed E-state index contributed by atoms with van der Waals surface area (Å²) in [4.78, 5) is 17.4. The second-order valence-electron chi connectivity index (χ2n) is 4.89. The number of aromatic nitrogens is 1. The molecule has 1 amide bonds. The van der Waals surface area contributed by atoms with Gasteiger partial charge in [-0.15, -0.1) is 0 Å². The number of nitrogens with zero attached hydrogens (tertiary/aromatic N) is 1. The fourth-order valence-corrected chi connectivity index (χ4v) is 3.58. The van der Waals surface area contributed by atoms with Crippen molar-refractivity contribution in [2.45, 2.75) is 12.3 Å². The third-order valence-corrected chi connectivity index (χ3v) is 4.83. The van der Waals surface area contributed by atoms with Crippen LogP contribution in [0.5, 0.6) is 11.5 Å². The van der Waals surface area contributed by atoms with Crippen LogP contribution in [-0.4, -0.2) is 32.2 Å². The van der Waals surface area contributed by atoms with E-state index in [0.717, 1.165) is 27.1 Å². The number of rotatable bonds is 4. The molecule has 2 heterocycles. The molecule has 116 valence electrons. The molecule has 1 aliphatic heterocycles. The van der Waals surface area contributed by atoms with E-state index < -0.39 is 0 Å². The average molecular weight is 319 g/mol. The molecule has 22 heavy (non-hydrogen) atoms. The number of benzene rings is 1. The van der Waals surface area contributed by atoms with Crippen molar-refractivity contribution >= 4 is 28.2 Å². The summed E-state index contributed by atoms with van der Waals surface area (Å²) in [6.45, 7) is 0. The topological polar surface area (TPSA) is 72.5 Å². The lowest BCUT2D eigenvalue weighted by molar-refractivity contribution is -0.116. The van der Waals surface area contributed by atoms with Crippen LogP contribution in [0.25, 0.3) is 0 Å². The van der Waals surface area contributed by atoms with E-state index in [0.29, 0.717) is 12.2 Å². The Morgan fingerprint density at radius 2 is 2.18 bits per heavy atom. The van der Waals surface area contributed by atoms with E-state index in [1.165, 1.54) is 11.3 Å². The number of carbonyl (C=O) groups excluding carboxylic acids is 1. The number of methoxy groups -OCH3 is 2. The molecule has 7 heteroatoms. The number of hydrogen-bond donors (Lipinski definition) is 2. The van der Waals surface area contributed by atoms with E-state index >= 15 is 0 Å². The Kier molecular flexibility index (Phi) is 3.89. The number of hydrogen-bond acceptors (Lipinski definition) is 6. The minimum Gasteiger partial charge on any atom is -0.497 e. The van der Waals surface area contributed by atoms with Crippen LogP contribution in [0, 0.1) is 0 Å². The highest BCUT2D eigenvalue weighted by atomic mass is 32.1. The van der Waals surface area contributed by atoms with E-state index in [2.05, 4.69) is 15.6 Å². The SMILES string of the molecule is CNc1nc2c(s1)[C@@H](c1cc(OC)ccc1OC)CC(=O)N2. The summed E-state index contributed by atoms with van der Waals surface area (Å²) >= 11 is 1.54. The molecule has 0 unspecified atom stereocenters. The summed E-state index contributed by atoms with van der Waals surface area (Å²) in [5.41, 5.74) is 0.934. The highest BCUT2D eigenvalue weighted by molar-refractivity contribution is 7.16. The van der Waals surface area contributed by atoms with E-state index in [4.69, 9.17) is 9.47 Å². The third-order valence-electron chi connectivity index (χ3n) is 3.64. The van der Waals surface area contributed by atoms with Crippen LogP contribution in [0.15, 0.2) is 18.2 Å². The molecule has 2 N–H and O–H groups in total.